The Kier molecular flexibility index (Phi) is 1.10. The number of aromatic nitrogens is 4. The molecule has 0 atom stereocenters. The molecule has 0 aliphatic carbocycles. The van der Waals surface area contributed by atoms with Gasteiger partial charge in [0.2, 0.25) is 6.19 Å². The molecule has 40 valence electrons. The second-order valence-corrected chi connectivity index (χ2v) is 1.30. The van der Waals surface area contributed by atoms with Crippen LogP contribution in [0.1, 0.15) is 0 Å². The highest BCUT2D eigenvalue weighted by Gasteiger charge is 1.96. The molecule has 0 amide bonds. The Morgan fingerprint density at radius 2 is 2.50 bits per heavy atom. The molecular weight excluding hydrogens is 130 g/mol. The summed E-state index contributed by atoms with van der Waals surface area (Å²) < 4.78 is 0.807. The fraction of sp³-hybridized carbons (Fsp3) is 0. The summed E-state index contributed by atoms with van der Waals surface area (Å²) in [6, 6.07) is 0. The molecule has 0 fully saturated rings. The molecule has 0 spiro atoms. The van der Waals surface area contributed by atoms with Crippen molar-refractivity contribution in [2.24, 2.45) is 0 Å². The van der Waals surface area contributed by atoms with Crippen molar-refractivity contribution in [3.8, 4) is 6.19 Å². The SMILES string of the molecule is N#Cn1nnnc1Cl. The number of nitrogens with zero attached hydrogens (tertiary/aromatic N) is 5. The number of tetrazole rings is 1. The minimum atomic E-state index is -0.0208. The molecule has 0 radical (unpaired) electrons. The number of nitriles is 1. The van der Waals surface area contributed by atoms with Crippen molar-refractivity contribution in [1.82, 2.24) is 20.2 Å². The smallest absolute Gasteiger partial charge is 0.170 e. The number of halogens is 1. The lowest BCUT2D eigenvalue weighted by Crippen LogP contribution is -1.89. The van der Waals surface area contributed by atoms with E-state index in [2.05, 4.69) is 15.5 Å². The molecule has 1 rings (SSSR count). The summed E-state index contributed by atoms with van der Waals surface area (Å²) in [6.45, 7) is 0. The van der Waals surface area contributed by atoms with Gasteiger partial charge in [-0.1, -0.05) is 5.10 Å². The summed E-state index contributed by atoms with van der Waals surface area (Å²) in [4.78, 5) is 0. The molecule has 6 heteroatoms. The van der Waals surface area contributed by atoms with E-state index in [1.54, 1.807) is 6.19 Å². The third-order valence-corrected chi connectivity index (χ3v) is 0.762. The van der Waals surface area contributed by atoms with E-state index in [0.29, 0.717) is 0 Å². The van der Waals surface area contributed by atoms with Gasteiger partial charge in [0.05, 0.1) is 0 Å². The van der Waals surface area contributed by atoms with Crippen LogP contribution >= 0.6 is 11.6 Å². The van der Waals surface area contributed by atoms with Gasteiger partial charge in [-0.15, -0.1) is 4.68 Å². The van der Waals surface area contributed by atoms with Gasteiger partial charge in [0.25, 0.3) is 5.28 Å². The van der Waals surface area contributed by atoms with Crippen molar-refractivity contribution >= 4 is 11.6 Å². The largest absolute Gasteiger partial charge is 0.257 e. The summed E-state index contributed by atoms with van der Waals surface area (Å²) >= 11 is 5.24. The minimum absolute atomic E-state index is 0.0208. The molecule has 0 bridgehead atoms. The van der Waals surface area contributed by atoms with Crippen LogP contribution in [-0.2, 0) is 0 Å². The van der Waals surface area contributed by atoms with Crippen LogP contribution in [0.15, 0.2) is 0 Å². The molecule has 1 aromatic rings. The predicted octanol–water partition coefficient (Wildman–Crippen LogP) is -0.344. The van der Waals surface area contributed by atoms with E-state index in [1.807, 2.05) is 0 Å². The molecule has 0 saturated carbocycles. The van der Waals surface area contributed by atoms with E-state index in [1.165, 1.54) is 0 Å². The Morgan fingerprint density at radius 3 is 2.75 bits per heavy atom. The third kappa shape index (κ3) is 0.611. The van der Waals surface area contributed by atoms with Gasteiger partial charge in [-0.25, -0.2) is 0 Å². The maximum Gasteiger partial charge on any atom is 0.257 e. The number of hydrogen-bond acceptors (Lipinski definition) is 4. The van der Waals surface area contributed by atoms with Gasteiger partial charge in [0.15, 0.2) is 0 Å². The Morgan fingerprint density at radius 1 is 1.75 bits per heavy atom. The Bertz CT molecular complexity index is 221. The first-order chi connectivity index (χ1) is 3.84. The quantitative estimate of drug-likeness (QED) is 0.481. The van der Waals surface area contributed by atoms with Crippen LogP contribution in [0.25, 0.3) is 0 Å². The van der Waals surface area contributed by atoms with Crippen molar-refractivity contribution < 1.29 is 0 Å². The summed E-state index contributed by atoms with van der Waals surface area (Å²) in [5, 5.41) is 17.6. The highest BCUT2D eigenvalue weighted by atomic mass is 35.5. The first kappa shape index (κ1) is 5.00. The fourth-order valence-electron chi connectivity index (χ4n) is 0.237. The van der Waals surface area contributed by atoms with E-state index < -0.39 is 0 Å². The second kappa shape index (κ2) is 1.76. The topological polar surface area (TPSA) is 67.4 Å². The van der Waals surface area contributed by atoms with E-state index in [-0.39, 0.29) is 5.28 Å². The molecule has 8 heavy (non-hydrogen) atoms. The van der Waals surface area contributed by atoms with Gasteiger partial charge >= 0.3 is 0 Å². The molecule has 0 N–H and O–H groups in total. The van der Waals surface area contributed by atoms with Crippen LogP contribution < -0.4 is 0 Å². The van der Waals surface area contributed by atoms with Crippen LogP contribution in [-0.4, -0.2) is 20.2 Å². The van der Waals surface area contributed by atoms with Crippen molar-refractivity contribution in [1.29, 1.82) is 5.26 Å². The van der Waals surface area contributed by atoms with E-state index in [4.69, 9.17) is 16.9 Å². The molecule has 1 aromatic heterocycles. The molecule has 1 heterocycles. The molecule has 5 nitrogen and oxygen atoms in total. The lowest BCUT2D eigenvalue weighted by Gasteiger charge is -1.74. The summed E-state index contributed by atoms with van der Waals surface area (Å²) in [5.74, 6) is 0. The van der Waals surface area contributed by atoms with Crippen LogP contribution in [0.4, 0.5) is 0 Å². The minimum Gasteiger partial charge on any atom is -0.170 e. The van der Waals surface area contributed by atoms with Gasteiger partial charge in [0, 0.05) is 0 Å². The summed E-state index contributed by atoms with van der Waals surface area (Å²) in [7, 11) is 0. The van der Waals surface area contributed by atoms with Crippen molar-refractivity contribution in [2.45, 2.75) is 0 Å². The predicted molar refractivity (Wildman–Crippen MR) is 23.8 cm³/mol. The van der Waals surface area contributed by atoms with Gasteiger partial charge in [-0.3, -0.25) is 0 Å². The highest BCUT2D eigenvalue weighted by molar-refractivity contribution is 6.28. The molecular formula is C2ClN5. The number of rotatable bonds is 0. The van der Waals surface area contributed by atoms with Crippen LogP contribution in [0, 0.1) is 11.5 Å². The van der Waals surface area contributed by atoms with Crippen molar-refractivity contribution in [2.75, 3.05) is 0 Å². The highest BCUT2D eigenvalue weighted by Crippen LogP contribution is 1.95. The number of hydrogen-bond donors (Lipinski definition) is 0. The van der Waals surface area contributed by atoms with Gasteiger partial charge in [0.1, 0.15) is 0 Å². The lowest BCUT2D eigenvalue weighted by molar-refractivity contribution is 0.800. The second-order valence-electron chi connectivity index (χ2n) is 0.960. The lowest BCUT2D eigenvalue weighted by atomic mass is 11.2. The zero-order chi connectivity index (χ0) is 5.98. The van der Waals surface area contributed by atoms with Gasteiger partial charge < -0.3 is 0 Å². The van der Waals surface area contributed by atoms with Crippen LogP contribution in [0.3, 0.4) is 0 Å². The zero-order valence-electron chi connectivity index (χ0n) is 3.61. The molecule has 0 aliphatic rings. The summed E-state index contributed by atoms with van der Waals surface area (Å²) in [6.07, 6.45) is 1.62. The Labute approximate surface area is 49.5 Å². The van der Waals surface area contributed by atoms with Crippen LogP contribution in [0.5, 0.6) is 0 Å². The van der Waals surface area contributed by atoms with E-state index >= 15 is 0 Å². The average molecular weight is 130 g/mol. The van der Waals surface area contributed by atoms with Crippen molar-refractivity contribution in [3.63, 3.8) is 0 Å². The van der Waals surface area contributed by atoms with Crippen molar-refractivity contribution in [3.05, 3.63) is 5.28 Å². The first-order valence-electron chi connectivity index (χ1n) is 1.68. The maximum atomic E-state index is 8.09. The molecule has 0 aliphatic heterocycles. The van der Waals surface area contributed by atoms with Gasteiger partial charge in [-0.05, 0) is 22.0 Å². The first-order valence-corrected chi connectivity index (χ1v) is 2.06. The van der Waals surface area contributed by atoms with Crippen LogP contribution in [0.2, 0.25) is 5.28 Å². The molecule has 0 saturated heterocycles. The summed E-state index contributed by atoms with van der Waals surface area (Å²) in [5.41, 5.74) is 0. The maximum absolute atomic E-state index is 8.09. The van der Waals surface area contributed by atoms with E-state index in [0.717, 1.165) is 4.68 Å². The standard InChI is InChI=1S/C2ClN5/c3-2-5-6-7-8(2)1-4. The molecule has 0 unspecified atom stereocenters. The zero-order valence-corrected chi connectivity index (χ0v) is 4.37. The Balaban J connectivity index is 3.15. The third-order valence-electron chi connectivity index (χ3n) is 0.526. The fourth-order valence-corrected chi connectivity index (χ4v) is 0.343. The molecule has 0 aromatic carbocycles. The monoisotopic (exact) mass is 129 g/mol. The normalized spacial score (nSPS) is 8.50. The van der Waals surface area contributed by atoms with E-state index in [9.17, 15) is 0 Å². The Hall–Kier alpha value is -1.15. The van der Waals surface area contributed by atoms with Gasteiger partial charge in [-0.2, -0.15) is 5.26 Å². The average Bonchev–Trinajstić information content (AvgIpc) is 2.14.